The number of hydrogen-bond donors (Lipinski definition) is 0. The predicted molar refractivity (Wildman–Crippen MR) is 248 cm³/mol. The minimum atomic E-state index is -0.613. The number of aromatic nitrogens is 2. The minimum Gasteiger partial charge on any atom is -0.457 e. The highest BCUT2D eigenvalue weighted by molar-refractivity contribution is 7.28. The third-order valence-corrected chi connectivity index (χ3v) is 13.7. The second kappa shape index (κ2) is 21.9. The largest absolute Gasteiger partial charge is 0.457 e. The molecule has 68 heavy (non-hydrogen) atoms. The Kier molecular flexibility index (Phi) is 15.2. The van der Waals surface area contributed by atoms with Crippen LogP contribution in [0.3, 0.4) is 0 Å². The van der Waals surface area contributed by atoms with E-state index in [1.807, 2.05) is 24.3 Å². The molecule has 8 rings (SSSR count). The zero-order valence-electron chi connectivity index (χ0n) is 36.5. The first-order valence-electron chi connectivity index (χ1n) is 21.7. The molecule has 0 aliphatic heterocycles. The maximum Gasteiger partial charge on any atom is 0.333 e. The molecule has 2 aromatic heterocycles. The summed E-state index contributed by atoms with van der Waals surface area (Å²) < 4.78 is 45.1. The van der Waals surface area contributed by atoms with Gasteiger partial charge in [-0.3, -0.25) is 19.2 Å². The van der Waals surface area contributed by atoms with Crippen LogP contribution in [0.15, 0.2) is 110 Å². The van der Waals surface area contributed by atoms with E-state index in [2.05, 4.69) is 13.2 Å². The van der Waals surface area contributed by atoms with Crippen molar-refractivity contribution in [1.29, 1.82) is 0 Å². The summed E-state index contributed by atoms with van der Waals surface area (Å²) in [4.78, 5) is 85.6. The van der Waals surface area contributed by atoms with Crippen LogP contribution in [0.25, 0.3) is 30.4 Å². The van der Waals surface area contributed by atoms with E-state index in [4.69, 9.17) is 47.9 Å². The number of ether oxygens (including phenoxy) is 8. The van der Waals surface area contributed by atoms with Crippen molar-refractivity contribution < 1.29 is 66.7 Å². The van der Waals surface area contributed by atoms with Crippen LogP contribution in [0.1, 0.15) is 51.4 Å². The van der Waals surface area contributed by atoms with E-state index in [0.29, 0.717) is 94.6 Å². The van der Waals surface area contributed by atoms with Gasteiger partial charge in [0.25, 0.3) is 0 Å². The van der Waals surface area contributed by atoms with Crippen molar-refractivity contribution in [3.05, 3.63) is 110 Å². The number of para-hydroxylation sites is 1. The van der Waals surface area contributed by atoms with Crippen molar-refractivity contribution in [2.45, 2.75) is 51.4 Å². The fraction of sp³-hybridized carbons (Fsp3) is 0.280. The van der Waals surface area contributed by atoms with Crippen LogP contribution < -0.4 is 28.4 Å². The molecule has 2 fully saturated rings. The lowest BCUT2D eigenvalue weighted by atomic mass is 9.82. The molecule has 0 bridgehead atoms. The molecule has 16 nitrogen and oxygen atoms in total. The number of benzene rings is 4. The molecule has 6 aromatic rings. The van der Waals surface area contributed by atoms with Gasteiger partial charge in [0.2, 0.25) is 13.6 Å². The smallest absolute Gasteiger partial charge is 0.333 e. The minimum absolute atomic E-state index is 0.205. The maximum atomic E-state index is 13.7. The lowest BCUT2D eigenvalue weighted by Crippen LogP contribution is -2.30. The Hall–Kier alpha value is -7.44. The summed E-state index contributed by atoms with van der Waals surface area (Å²) in [7, 11) is 0. The molecule has 18 heteroatoms. The number of hydrogen-bond acceptors (Lipinski definition) is 18. The molecule has 0 amide bonds. The molecule has 350 valence electrons. The Morgan fingerprint density at radius 1 is 0.500 bits per heavy atom. The average molecular weight is 961 g/mol. The lowest BCUT2D eigenvalue weighted by Gasteiger charge is -2.26. The Balaban J connectivity index is 0.875. The molecule has 0 N–H and O–H groups in total. The van der Waals surface area contributed by atoms with Crippen molar-refractivity contribution in [3.8, 4) is 44.5 Å². The second-order valence-corrected chi connectivity index (χ2v) is 17.9. The van der Waals surface area contributed by atoms with Gasteiger partial charge in [0, 0.05) is 12.2 Å². The summed E-state index contributed by atoms with van der Waals surface area (Å²) in [5.41, 5.74) is 1.15. The second-order valence-electron chi connectivity index (χ2n) is 15.8. The third-order valence-electron chi connectivity index (χ3n) is 11.4. The van der Waals surface area contributed by atoms with Crippen molar-refractivity contribution in [1.82, 2.24) is 9.97 Å². The van der Waals surface area contributed by atoms with E-state index >= 15 is 0 Å². The molecule has 0 unspecified atom stereocenters. The van der Waals surface area contributed by atoms with Crippen LogP contribution in [-0.4, -0.2) is 59.4 Å². The van der Waals surface area contributed by atoms with Gasteiger partial charge >= 0.3 is 35.8 Å². The van der Waals surface area contributed by atoms with Crippen molar-refractivity contribution in [2.24, 2.45) is 23.7 Å². The molecular weight excluding hydrogens is 917 g/mol. The molecule has 2 aliphatic rings. The Morgan fingerprint density at radius 2 is 0.912 bits per heavy atom. The van der Waals surface area contributed by atoms with Gasteiger partial charge in [0.15, 0.2) is 21.5 Å². The quantitative estimate of drug-likeness (QED) is 0.0362. The summed E-state index contributed by atoms with van der Waals surface area (Å²) in [5, 5.41) is 1.22. The van der Waals surface area contributed by atoms with Crippen LogP contribution >= 0.6 is 22.7 Å². The number of rotatable bonds is 17. The zero-order chi connectivity index (χ0) is 47.6. The Labute approximate surface area is 397 Å². The molecule has 2 heterocycles. The molecule has 0 saturated heterocycles. The van der Waals surface area contributed by atoms with E-state index < -0.39 is 59.5 Å². The van der Waals surface area contributed by atoms with Crippen molar-refractivity contribution in [2.75, 3.05) is 13.6 Å². The highest BCUT2D eigenvalue weighted by Crippen LogP contribution is 2.44. The highest BCUT2D eigenvalue weighted by Gasteiger charge is 2.35. The summed E-state index contributed by atoms with van der Waals surface area (Å²) in [6, 6.07) is 23.5. The SMILES string of the molecule is C=CC(=O)OCOc1ccc(OC(=O)[C@H]2CC[C@H](C(=O)Oc3ccc(OC(=O)[C@H]4CC[C@H](C(=O)Oc5ccc(OCOC(=O)C=C)cc5)CC4)c4sc(-c5nc6ccccc6s5)nc34)CC2)cc1. The molecule has 0 spiro atoms. The van der Waals surface area contributed by atoms with E-state index in [1.54, 1.807) is 60.7 Å². The maximum absolute atomic E-state index is 13.7. The summed E-state index contributed by atoms with van der Waals surface area (Å²) >= 11 is 2.74. The third kappa shape index (κ3) is 11.7. The first kappa shape index (κ1) is 47.1. The van der Waals surface area contributed by atoms with Gasteiger partial charge in [-0.05, 0) is 124 Å². The number of carbonyl (C=O) groups excluding carboxylic acids is 6. The molecule has 2 saturated carbocycles. The van der Waals surface area contributed by atoms with Crippen LogP contribution in [0.5, 0.6) is 34.5 Å². The van der Waals surface area contributed by atoms with Crippen molar-refractivity contribution >= 4 is 78.9 Å². The number of fused-ring (bicyclic) bond motifs is 2. The van der Waals surface area contributed by atoms with Gasteiger partial charge in [0.05, 0.1) is 33.9 Å². The van der Waals surface area contributed by atoms with Crippen LogP contribution in [0.2, 0.25) is 0 Å². The topological polar surface area (TPSA) is 202 Å². The van der Waals surface area contributed by atoms with E-state index in [-0.39, 0.29) is 25.1 Å². The predicted octanol–water partition coefficient (Wildman–Crippen LogP) is 9.34. The fourth-order valence-electron chi connectivity index (χ4n) is 7.73. The average Bonchev–Trinajstić information content (AvgIpc) is 4.02. The zero-order valence-corrected chi connectivity index (χ0v) is 38.1. The van der Waals surface area contributed by atoms with Crippen LogP contribution in [-0.2, 0) is 38.2 Å². The van der Waals surface area contributed by atoms with Crippen LogP contribution in [0.4, 0.5) is 0 Å². The standard InChI is InChI=1S/C50H44N2O14S2/c1-3-41(53)61-27-59-33-17-21-35(22-18-33)63-47(55)29-9-13-31(14-10-29)49(57)65-38-25-26-39(44-43(38)52-46(68-44)45-51-37-7-5-6-8-40(37)67-45)66-50(58)32-15-11-30(12-16-32)48(56)64-36-23-19-34(20-24-36)60-28-62-42(54)4-2/h3-8,17-26,29-32H,1-2,9-16,27-28H2/t29-,30-,31-,32-. The normalized spacial score (nSPS) is 17.8. The lowest BCUT2D eigenvalue weighted by molar-refractivity contribution is -0.145. The fourth-order valence-corrected chi connectivity index (χ4v) is 9.74. The highest BCUT2D eigenvalue weighted by atomic mass is 32.1. The number of thiazole rings is 2. The Morgan fingerprint density at radius 3 is 1.38 bits per heavy atom. The molecule has 4 aromatic carbocycles. The Bertz CT molecular complexity index is 2650. The van der Waals surface area contributed by atoms with Gasteiger partial charge < -0.3 is 37.9 Å². The number of carbonyl (C=O) groups is 6. The van der Waals surface area contributed by atoms with Gasteiger partial charge in [-0.1, -0.05) is 25.3 Å². The summed E-state index contributed by atoms with van der Waals surface area (Å²) in [5.74, 6) is -2.77. The van der Waals surface area contributed by atoms with Gasteiger partial charge in [-0.2, -0.15) is 0 Å². The first-order valence-corrected chi connectivity index (χ1v) is 23.4. The summed E-state index contributed by atoms with van der Waals surface area (Å²) in [6.45, 7) is 6.07. The van der Waals surface area contributed by atoms with E-state index in [1.165, 1.54) is 22.7 Å². The number of esters is 6. The molecule has 0 radical (unpaired) electrons. The van der Waals surface area contributed by atoms with Gasteiger partial charge in [0.1, 0.15) is 33.2 Å². The monoisotopic (exact) mass is 960 g/mol. The summed E-state index contributed by atoms with van der Waals surface area (Å²) in [6.07, 6.45) is 5.38. The molecule has 0 atom stereocenters. The molecule has 2 aliphatic carbocycles. The van der Waals surface area contributed by atoms with Gasteiger partial charge in [-0.15, -0.1) is 22.7 Å². The van der Waals surface area contributed by atoms with Crippen molar-refractivity contribution in [3.63, 3.8) is 0 Å². The van der Waals surface area contributed by atoms with Gasteiger partial charge in [-0.25, -0.2) is 19.6 Å². The van der Waals surface area contributed by atoms with E-state index in [9.17, 15) is 28.8 Å². The van der Waals surface area contributed by atoms with E-state index in [0.717, 1.165) is 22.4 Å². The first-order chi connectivity index (χ1) is 33.0. The molecular formula is C50H44N2O14S2. The van der Waals surface area contributed by atoms with Crippen LogP contribution in [0, 0.1) is 23.7 Å². The number of nitrogens with zero attached hydrogens (tertiary/aromatic N) is 2.